The van der Waals surface area contributed by atoms with Crippen molar-refractivity contribution in [2.45, 2.75) is 13.0 Å². The minimum Gasteiger partial charge on any atom is -0.491 e. The number of para-hydroxylation sites is 1. The van der Waals surface area contributed by atoms with Crippen molar-refractivity contribution in [3.8, 4) is 5.75 Å². The highest BCUT2D eigenvalue weighted by Gasteiger charge is 2.19. The maximum atomic E-state index is 11.6. The van der Waals surface area contributed by atoms with Gasteiger partial charge in [0.15, 0.2) is 0 Å². The summed E-state index contributed by atoms with van der Waals surface area (Å²) in [6.45, 7) is 6.35. The zero-order chi connectivity index (χ0) is 20.2. The van der Waals surface area contributed by atoms with Crippen LogP contribution in [0.2, 0.25) is 0 Å². The van der Waals surface area contributed by atoms with Crippen LogP contribution in [0.4, 0.5) is 5.69 Å². The molecule has 0 amide bonds. The molecule has 0 saturated carbocycles. The second-order valence-electron chi connectivity index (χ2n) is 7.49. The SMILES string of the molecule is Cc1cc(=O)oc2cc(OC[C@@H](O)CN3CCN(c4ccccc4)CC3)ccc12. The number of benzene rings is 2. The minimum atomic E-state index is -0.585. The van der Waals surface area contributed by atoms with Gasteiger partial charge >= 0.3 is 5.63 Å². The number of hydrogen-bond acceptors (Lipinski definition) is 6. The van der Waals surface area contributed by atoms with Gasteiger partial charge in [-0.15, -0.1) is 0 Å². The van der Waals surface area contributed by atoms with E-state index in [-0.39, 0.29) is 12.2 Å². The van der Waals surface area contributed by atoms with Crippen molar-refractivity contribution < 1.29 is 14.3 Å². The van der Waals surface area contributed by atoms with Crippen LogP contribution in [0.1, 0.15) is 5.56 Å². The van der Waals surface area contributed by atoms with Crippen molar-refractivity contribution in [3.05, 3.63) is 70.6 Å². The van der Waals surface area contributed by atoms with Crippen LogP contribution in [0.15, 0.2) is 63.8 Å². The molecule has 0 bridgehead atoms. The molecule has 1 aliphatic heterocycles. The zero-order valence-corrected chi connectivity index (χ0v) is 16.6. The second kappa shape index (κ2) is 8.68. The number of hydrogen-bond donors (Lipinski definition) is 1. The molecule has 1 fully saturated rings. The molecule has 1 saturated heterocycles. The van der Waals surface area contributed by atoms with Gasteiger partial charge in [0, 0.05) is 55.9 Å². The lowest BCUT2D eigenvalue weighted by atomic mass is 10.1. The van der Waals surface area contributed by atoms with Gasteiger partial charge in [0.25, 0.3) is 0 Å². The first kappa shape index (κ1) is 19.5. The number of ether oxygens (including phenoxy) is 1. The lowest BCUT2D eigenvalue weighted by Gasteiger charge is -2.36. The highest BCUT2D eigenvalue weighted by atomic mass is 16.5. The monoisotopic (exact) mass is 394 g/mol. The quantitative estimate of drug-likeness (QED) is 0.649. The van der Waals surface area contributed by atoms with E-state index in [2.05, 4.69) is 34.1 Å². The van der Waals surface area contributed by atoms with E-state index in [9.17, 15) is 9.90 Å². The van der Waals surface area contributed by atoms with Gasteiger partial charge in [0.05, 0.1) is 0 Å². The number of fused-ring (bicyclic) bond motifs is 1. The highest BCUT2D eigenvalue weighted by molar-refractivity contribution is 5.81. The normalized spacial score (nSPS) is 16.1. The third-order valence-electron chi connectivity index (χ3n) is 5.33. The molecule has 152 valence electrons. The first-order valence-corrected chi connectivity index (χ1v) is 9.96. The summed E-state index contributed by atoms with van der Waals surface area (Å²) in [5.41, 5.74) is 2.24. The van der Waals surface area contributed by atoms with Gasteiger partial charge < -0.3 is 19.2 Å². The van der Waals surface area contributed by atoms with E-state index in [0.29, 0.717) is 17.9 Å². The Balaban J connectivity index is 1.28. The molecular formula is C23H26N2O4. The van der Waals surface area contributed by atoms with Crippen molar-refractivity contribution in [1.29, 1.82) is 0 Å². The molecule has 6 heteroatoms. The Morgan fingerprint density at radius 3 is 2.59 bits per heavy atom. The van der Waals surface area contributed by atoms with Crippen LogP contribution in [0.3, 0.4) is 0 Å². The number of rotatable bonds is 6. The largest absolute Gasteiger partial charge is 0.491 e. The number of aliphatic hydroxyl groups excluding tert-OH is 1. The van der Waals surface area contributed by atoms with E-state index in [1.807, 2.05) is 25.1 Å². The van der Waals surface area contributed by atoms with E-state index >= 15 is 0 Å². The predicted octanol–water partition coefficient (Wildman–Crippen LogP) is 2.66. The lowest BCUT2D eigenvalue weighted by molar-refractivity contribution is 0.0663. The average molecular weight is 394 g/mol. The number of nitrogens with zero attached hydrogens (tertiary/aromatic N) is 2. The summed E-state index contributed by atoms with van der Waals surface area (Å²) >= 11 is 0. The Bertz CT molecular complexity index is 1010. The molecule has 1 N–H and O–H groups in total. The van der Waals surface area contributed by atoms with Crippen molar-refractivity contribution in [2.75, 3.05) is 44.2 Å². The van der Waals surface area contributed by atoms with Crippen LogP contribution in [0.5, 0.6) is 5.75 Å². The highest BCUT2D eigenvalue weighted by Crippen LogP contribution is 2.22. The van der Waals surface area contributed by atoms with Gasteiger partial charge in [-0.1, -0.05) is 18.2 Å². The van der Waals surface area contributed by atoms with Crippen LogP contribution in [-0.2, 0) is 0 Å². The lowest BCUT2D eigenvalue weighted by Crippen LogP contribution is -2.49. The number of piperazine rings is 1. The summed E-state index contributed by atoms with van der Waals surface area (Å²) < 4.78 is 11.0. The summed E-state index contributed by atoms with van der Waals surface area (Å²) in [6, 6.07) is 17.3. The van der Waals surface area contributed by atoms with Gasteiger partial charge in [-0.25, -0.2) is 4.79 Å². The summed E-state index contributed by atoms with van der Waals surface area (Å²) in [4.78, 5) is 16.2. The number of aliphatic hydroxyl groups is 1. The van der Waals surface area contributed by atoms with Gasteiger partial charge in [-0.2, -0.15) is 0 Å². The fourth-order valence-electron chi connectivity index (χ4n) is 3.77. The molecule has 0 radical (unpaired) electrons. The van der Waals surface area contributed by atoms with Crippen molar-refractivity contribution in [1.82, 2.24) is 4.90 Å². The standard InChI is InChI=1S/C23H26N2O4/c1-17-13-23(27)29-22-14-20(7-8-21(17)22)28-16-19(26)15-24-9-11-25(12-10-24)18-5-3-2-4-6-18/h2-8,13-14,19,26H,9-12,15-16H2,1H3/t19-/m0/s1. The molecule has 6 nitrogen and oxygen atoms in total. The second-order valence-corrected chi connectivity index (χ2v) is 7.49. The van der Waals surface area contributed by atoms with Crippen LogP contribution in [0.25, 0.3) is 11.0 Å². The van der Waals surface area contributed by atoms with E-state index < -0.39 is 6.10 Å². The molecule has 4 rings (SSSR count). The summed E-state index contributed by atoms with van der Waals surface area (Å²) in [6.07, 6.45) is -0.585. The molecule has 2 heterocycles. The first-order valence-electron chi connectivity index (χ1n) is 9.96. The number of β-amino-alcohol motifs (C(OH)–C–C–N with tert-alkyl or cyclic N) is 1. The fourth-order valence-corrected chi connectivity index (χ4v) is 3.77. The number of aryl methyl sites for hydroxylation is 1. The van der Waals surface area contributed by atoms with Crippen LogP contribution in [0, 0.1) is 6.92 Å². The van der Waals surface area contributed by atoms with E-state index in [1.165, 1.54) is 11.8 Å². The molecule has 1 aromatic heterocycles. The molecule has 0 aliphatic carbocycles. The van der Waals surface area contributed by atoms with E-state index in [4.69, 9.17) is 9.15 Å². The van der Waals surface area contributed by atoms with Crippen molar-refractivity contribution >= 4 is 16.7 Å². The molecule has 1 atom stereocenters. The molecule has 0 spiro atoms. The maximum absolute atomic E-state index is 11.6. The molecule has 2 aromatic carbocycles. The number of anilines is 1. The van der Waals surface area contributed by atoms with Gasteiger partial charge in [0.2, 0.25) is 0 Å². The Kier molecular flexibility index (Phi) is 5.83. The molecular weight excluding hydrogens is 368 g/mol. The topological polar surface area (TPSA) is 66.2 Å². The molecule has 1 aliphatic rings. The Morgan fingerprint density at radius 1 is 1.07 bits per heavy atom. The summed E-state index contributed by atoms with van der Waals surface area (Å²) in [5, 5.41) is 11.3. The fraction of sp³-hybridized carbons (Fsp3) is 0.348. The first-order chi connectivity index (χ1) is 14.1. The Labute approximate surface area is 169 Å². The van der Waals surface area contributed by atoms with Crippen LogP contribution < -0.4 is 15.3 Å². The molecule has 0 unspecified atom stereocenters. The minimum absolute atomic E-state index is 0.195. The van der Waals surface area contributed by atoms with Crippen LogP contribution in [-0.4, -0.2) is 55.4 Å². The van der Waals surface area contributed by atoms with Crippen molar-refractivity contribution in [2.24, 2.45) is 0 Å². The Hall–Kier alpha value is -2.83. The molecule has 29 heavy (non-hydrogen) atoms. The van der Waals surface area contributed by atoms with Gasteiger partial charge in [-0.05, 0) is 36.8 Å². The Morgan fingerprint density at radius 2 is 1.83 bits per heavy atom. The average Bonchev–Trinajstić information content (AvgIpc) is 2.73. The van der Waals surface area contributed by atoms with Gasteiger partial charge in [0.1, 0.15) is 24.0 Å². The molecule has 3 aromatic rings. The zero-order valence-electron chi connectivity index (χ0n) is 16.6. The van der Waals surface area contributed by atoms with E-state index in [1.54, 1.807) is 6.07 Å². The third kappa shape index (κ3) is 4.78. The summed E-state index contributed by atoms with van der Waals surface area (Å²) in [5.74, 6) is 0.583. The third-order valence-corrected chi connectivity index (χ3v) is 5.33. The van der Waals surface area contributed by atoms with Gasteiger partial charge in [-0.3, -0.25) is 4.90 Å². The van der Waals surface area contributed by atoms with E-state index in [0.717, 1.165) is 37.1 Å². The predicted molar refractivity (Wildman–Crippen MR) is 114 cm³/mol. The summed E-state index contributed by atoms with van der Waals surface area (Å²) in [7, 11) is 0. The van der Waals surface area contributed by atoms with Crippen molar-refractivity contribution in [3.63, 3.8) is 0 Å². The van der Waals surface area contributed by atoms with Crippen LogP contribution >= 0.6 is 0 Å². The maximum Gasteiger partial charge on any atom is 0.336 e. The smallest absolute Gasteiger partial charge is 0.336 e.